The Balaban J connectivity index is 2.28. The molecule has 19 heavy (non-hydrogen) atoms. The van der Waals surface area contributed by atoms with E-state index >= 15 is 0 Å². The van der Waals surface area contributed by atoms with Crippen molar-refractivity contribution in [3.05, 3.63) is 54.2 Å². The van der Waals surface area contributed by atoms with Gasteiger partial charge in [-0.15, -0.1) is 0 Å². The Bertz CT molecular complexity index is 571. The van der Waals surface area contributed by atoms with Crippen molar-refractivity contribution in [3.8, 4) is 11.3 Å². The highest BCUT2D eigenvalue weighted by Crippen LogP contribution is 2.17. The number of benzene rings is 1. The Morgan fingerprint density at radius 3 is 2.42 bits per heavy atom. The van der Waals surface area contributed by atoms with E-state index in [0.29, 0.717) is 5.56 Å². The molecule has 1 aromatic heterocycles. The molecule has 0 aliphatic carbocycles. The zero-order valence-electron chi connectivity index (χ0n) is 11.5. The van der Waals surface area contributed by atoms with Gasteiger partial charge in [0.1, 0.15) is 0 Å². The zero-order chi connectivity index (χ0) is 13.9. The second-order valence-electron chi connectivity index (χ2n) is 5.50. The van der Waals surface area contributed by atoms with Crippen molar-refractivity contribution in [3.63, 3.8) is 0 Å². The van der Waals surface area contributed by atoms with E-state index in [9.17, 15) is 4.79 Å². The maximum absolute atomic E-state index is 12.1. The van der Waals surface area contributed by atoms with Crippen molar-refractivity contribution in [2.24, 2.45) is 0 Å². The summed E-state index contributed by atoms with van der Waals surface area (Å²) in [5, 5.41) is 2.95. The minimum absolute atomic E-state index is 0.0768. The van der Waals surface area contributed by atoms with Crippen molar-refractivity contribution in [2.45, 2.75) is 26.3 Å². The van der Waals surface area contributed by atoms with Crippen LogP contribution in [0.5, 0.6) is 0 Å². The lowest BCUT2D eigenvalue weighted by Gasteiger charge is -2.20. The molecule has 0 fully saturated rings. The van der Waals surface area contributed by atoms with E-state index in [4.69, 9.17) is 0 Å². The van der Waals surface area contributed by atoms with Gasteiger partial charge in [-0.3, -0.25) is 9.78 Å². The Labute approximate surface area is 113 Å². The van der Waals surface area contributed by atoms with Crippen LogP contribution in [0.4, 0.5) is 0 Å². The van der Waals surface area contributed by atoms with Crippen LogP contribution in [0.25, 0.3) is 11.3 Å². The van der Waals surface area contributed by atoms with Gasteiger partial charge in [0.15, 0.2) is 0 Å². The van der Waals surface area contributed by atoms with Gasteiger partial charge in [-0.05, 0) is 32.9 Å². The number of amides is 1. The molecule has 2 aromatic rings. The molecule has 3 nitrogen and oxygen atoms in total. The third-order valence-electron chi connectivity index (χ3n) is 2.58. The third kappa shape index (κ3) is 3.65. The highest BCUT2D eigenvalue weighted by molar-refractivity contribution is 5.95. The fourth-order valence-corrected chi connectivity index (χ4v) is 1.75. The molecule has 0 radical (unpaired) electrons. The Morgan fingerprint density at radius 2 is 1.79 bits per heavy atom. The van der Waals surface area contributed by atoms with Gasteiger partial charge in [0.25, 0.3) is 5.91 Å². The van der Waals surface area contributed by atoms with Crippen LogP contribution in [0.2, 0.25) is 0 Å². The molecule has 0 saturated heterocycles. The predicted octanol–water partition coefficient (Wildman–Crippen LogP) is 3.28. The van der Waals surface area contributed by atoms with Crippen LogP contribution in [0.15, 0.2) is 48.7 Å². The molecule has 0 atom stereocenters. The molecule has 0 aliphatic rings. The summed E-state index contributed by atoms with van der Waals surface area (Å²) >= 11 is 0. The first-order valence-electron chi connectivity index (χ1n) is 6.30. The predicted molar refractivity (Wildman–Crippen MR) is 76.9 cm³/mol. The first kappa shape index (κ1) is 13.3. The number of hydrogen-bond acceptors (Lipinski definition) is 2. The molecule has 1 heterocycles. The van der Waals surface area contributed by atoms with Gasteiger partial charge in [0.05, 0.1) is 5.69 Å². The molecule has 3 heteroatoms. The van der Waals surface area contributed by atoms with Gasteiger partial charge in [-0.25, -0.2) is 0 Å². The molecule has 0 aliphatic heterocycles. The van der Waals surface area contributed by atoms with E-state index in [-0.39, 0.29) is 11.4 Å². The molecule has 1 N–H and O–H groups in total. The fraction of sp³-hybridized carbons (Fsp3) is 0.250. The lowest BCUT2D eigenvalue weighted by Crippen LogP contribution is -2.40. The maximum Gasteiger partial charge on any atom is 0.251 e. The number of pyridine rings is 1. The molecule has 0 saturated carbocycles. The molecular formula is C16H18N2O. The molecule has 98 valence electrons. The van der Waals surface area contributed by atoms with Gasteiger partial charge in [-0.2, -0.15) is 0 Å². The average molecular weight is 254 g/mol. The van der Waals surface area contributed by atoms with Crippen molar-refractivity contribution in [1.82, 2.24) is 10.3 Å². The van der Waals surface area contributed by atoms with Crippen molar-refractivity contribution >= 4 is 5.91 Å². The second-order valence-corrected chi connectivity index (χ2v) is 5.50. The molecule has 0 unspecified atom stereocenters. The summed E-state index contributed by atoms with van der Waals surface area (Å²) in [6, 6.07) is 13.4. The largest absolute Gasteiger partial charge is 0.347 e. The smallest absolute Gasteiger partial charge is 0.251 e. The summed E-state index contributed by atoms with van der Waals surface area (Å²) in [6.45, 7) is 5.89. The molecule has 0 bridgehead atoms. The van der Waals surface area contributed by atoms with E-state index in [2.05, 4.69) is 10.3 Å². The van der Waals surface area contributed by atoms with Gasteiger partial charge in [-0.1, -0.05) is 30.3 Å². The Hall–Kier alpha value is -2.16. The number of nitrogens with zero attached hydrogens (tertiary/aromatic N) is 1. The van der Waals surface area contributed by atoms with Gasteiger partial charge < -0.3 is 5.32 Å². The summed E-state index contributed by atoms with van der Waals surface area (Å²) in [5.41, 5.74) is 2.20. The summed E-state index contributed by atoms with van der Waals surface area (Å²) in [4.78, 5) is 16.4. The lowest BCUT2D eigenvalue weighted by molar-refractivity contribution is 0.0919. The van der Waals surface area contributed by atoms with Crippen molar-refractivity contribution < 1.29 is 4.79 Å². The van der Waals surface area contributed by atoms with E-state index < -0.39 is 0 Å². The van der Waals surface area contributed by atoms with Crippen LogP contribution in [-0.4, -0.2) is 16.4 Å². The maximum atomic E-state index is 12.1. The third-order valence-corrected chi connectivity index (χ3v) is 2.58. The quantitative estimate of drug-likeness (QED) is 0.893. The zero-order valence-corrected chi connectivity index (χ0v) is 11.5. The van der Waals surface area contributed by atoms with Gasteiger partial charge in [0, 0.05) is 22.9 Å². The SMILES string of the molecule is CC(C)(C)NC(=O)c1ccnc(-c2ccccc2)c1. The summed E-state index contributed by atoms with van der Waals surface area (Å²) in [5.74, 6) is -0.0768. The molecule has 0 spiro atoms. The van der Waals surface area contributed by atoms with Crippen LogP contribution in [-0.2, 0) is 0 Å². The summed E-state index contributed by atoms with van der Waals surface area (Å²) in [7, 11) is 0. The number of aromatic nitrogens is 1. The van der Waals surface area contributed by atoms with Crippen LogP contribution in [0, 0.1) is 0 Å². The van der Waals surface area contributed by atoms with Crippen LogP contribution in [0.1, 0.15) is 31.1 Å². The normalized spacial score (nSPS) is 11.1. The number of rotatable bonds is 2. The van der Waals surface area contributed by atoms with Crippen LogP contribution < -0.4 is 5.32 Å². The van der Waals surface area contributed by atoms with Crippen LogP contribution >= 0.6 is 0 Å². The van der Waals surface area contributed by atoms with E-state index in [1.165, 1.54) is 0 Å². The number of nitrogens with one attached hydrogen (secondary N) is 1. The summed E-state index contributed by atoms with van der Waals surface area (Å²) < 4.78 is 0. The molecule has 2 rings (SSSR count). The van der Waals surface area contributed by atoms with E-state index in [0.717, 1.165) is 11.3 Å². The first-order chi connectivity index (χ1) is 8.96. The van der Waals surface area contributed by atoms with Gasteiger partial charge in [0.2, 0.25) is 0 Å². The Kier molecular flexibility index (Phi) is 3.65. The minimum atomic E-state index is -0.243. The molecule has 1 amide bonds. The first-order valence-corrected chi connectivity index (χ1v) is 6.30. The van der Waals surface area contributed by atoms with Gasteiger partial charge >= 0.3 is 0 Å². The fourth-order valence-electron chi connectivity index (χ4n) is 1.75. The summed E-state index contributed by atoms with van der Waals surface area (Å²) in [6.07, 6.45) is 1.67. The van der Waals surface area contributed by atoms with E-state index in [1.54, 1.807) is 12.3 Å². The number of hydrogen-bond donors (Lipinski definition) is 1. The van der Waals surface area contributed by atoms with Crippen molar-refractivity contribution in [1.29, 1.82) is 0 Å². The topological polar surface area (TPSA) is 42.0 Å². The monoisotopic (exact) mass is 254 g/mol. The van der Waals surface area contributed by atoms with E-state index in [1.807, 2.05) is 57.2 Å². The standard InChI is InChI=1S/C16H18N2O/c1-16(2,3)18-15(19)13-9-10-17-14(11-13)12-7-5-4-6-8-12/h4-11H,1-3H3,(H,18,19). The highest BCUT2D eigenvalue weighted by Gasteiger charge is 2.15. The highest BCUT2D eigenvalue weighted by atomic mass is 16.1. The van der Waals surface area contributed by atoms with Crippen LogP contribution in [0.3, 0.4) is 0 Å². The minimum Gasteiger partial charge on any atom is -0.347 e. The lowest BCUT2D eigenvalue weighted by atomic mass is 10.1. The molecule has 1 aromatic carbocycles. The number of carbonyl (C=O) groups is 1. The van der Waals surface area contributed by atoms with Crippen molar-refractivity contribution in [2.75, 3.05) is 0 Å². The Morgan fingerprint density at radius 1 is 1.11 bits per heavy atom. The average Bonchev–Trinajstić information content (AvgIpc) is 2.38. The molecular weight excluding hydrogens is 236 g/mol. The number of carbonyl (C=O) groups excluding carboxylic acids is 1. The second kappa shape index (κ2) is 5.22.